The normalized spacial score (nSPS) is 30.7. The topological polar surface area (TPSA) is 20.2 Å². The van der Waals surface area contributed by atoms with Gasteiger partial charge in [0.1, 0.15) is 0 Å². The van der Waals surface area contributed by atoms with Crippen molar-refractivity contribution in [1.29, 1.82) is 0 Å². The summed E-state index contributed by atoms with van der Waals surface area (Å²) in [5.74, 6) is -3.06. The molecule has 2 aliphatic carbocycles. The van der Waals surface area contributed by atoms with Gasteiger partial charge in [0.05, 0.1) is 0 Å². The van der Waals surface area contributed by atoms with Crippen molar-refractivity contribution in [3.8, 4) is 0 Å². The first-order valence-electron chi connectivity index (χ1n) is 4.86. The Hall–Kier alpha value is -1.22. The molecule has 1 nitrogen and oxygen atoms in total. The molecule has 0 saturated heterocycles. The zero-order valence-electron chi connectivity index (χ0n) is 8.06. The van der Waals surface area contributed by atoms with E-state index in [1.165, 1.54) is 0 Å². The molecule has 78 valence electrons. The van der Waals surface area contributed by atoms with Crippen LogP contribution in [-0.4, -0.2) is 11.0 Å². The van der Waals surface area contributed by atoms with Gasteiger partial charge in [-0.05, 0) is 16.7 Å². The van der Waals surface area contributed by atoms with Gasteiger partial charge in [-0.2, -0.15) is 0 Å². The predicted octanol–water partition coefficient (Wildman–Crippen LogP) is 2.48. The van der Waals surface area contributed by atoms with Gasteiger partial charge in [0, 0.05) is 18.4 Å². The van der Waals surface area contributed by atoms with Crippen LogP contribution in [0.3, 0.4) is 0 Å². The lowest BCUT2D eigenvalue weighted by Gasteiger charge is -2.26. The third kappa shape index (κ3) is 0.851. The molecule has 0 heterocycles. The minimum atomic E-state index is -3.06. The number of alkyl halides is 2. The third-order valence-corrected chi connectivity index (χ3v) is 3.43. The van der Waals surface area contributed by atoms with Crippen molar-refractivity contribution < 1.29 is 13.9 Å². The highest BCUT2D eigenvalue weighted by Gasteiger charge is 2.62. The molecule has 15 heavy (non-hydrogen) atoms. The van der Waals surface area contributed by atoms with Gasteiger partial charge in [-0.25, -0.2) is 8.78 Å². The van der Waals surface area contributed by atoms with E-state index in [4.69, 9.17) is 0 Å². The maximum absolute atomic E-state index is 13.7. The number of hydrogen-bond acceptors (Lipinski definition) is 1. The minimum absolute atomic E-state index is 0.0493. The van der Waals surface area contributed by atoms with Crippen LogP contribution in [0.1, 0.15) is 23.1 Å². The monoisotopic (exact) mass is 208 g/mol. The molecule has 1 atom stereocenters. The number of aliphatic hydroxyl groups is 1. The number of benzene rings is 1. The second kappa shape index (κ2) is 2.30. The number of hydrogen-bond donors (Lipinski definition) is 1. The number of halogens is 2. The summed E-state index contributed by atoms with van der Waals surface area (Å²) in [6, 6.07) is 5.15. The second-order valence-corrected chi connectivity index (χ2v) is 4.36. The largest absolute Gasteiger partial charge is 0.378 e. The molecule has 1 aromatic carbocycles. The van der Waals surface area contributed by atoms with E-state index in [0.29, 0.717) is 22.3 Å². The van der Waals surface area contributed by atoms with Gasteiger partial charge < -0.3 is 5.11 Å². The third-order valence-electron chi connectivity index (χ3n) is 3.43. The Morgan fingerprint density at radius 2 is 2.00 bits per heavy atom. The van der Waals surface area contributed by atoms with Crippen LogP contribution in [0, 0.1) is 0 Å². The lowest BCUT2D eigenvalue weighted by molar-refractivity contribution is -0.169. The highest BCUT2D eigenvalue weighted by atomic mass is 19.3. The zero-order chi connectivity index (χ0) is 10.8. The molecule has 2 aliphatic rings. The lowest BCUT2D eigenvalue weighted by Crippen LogP contribution is -2.40. The maximum Gasteiger partial charge on any atom is 0.284 e. The smallest absolute Gasteiger partial charge is 0.284 e. The van der Waals surface area contributed by atoms with Crippen molar-refractivity contribution in [2.24, 2.45) is 0 Å². The van der Waals surface area contributed by atoms with Crippen molar-refractivity contribution in [1.82, 2.24) is 0 Å². The van der Waals surface area contributed by atoms with Crippen molar-refractivity contribution in [2.75, 3.05) is 0 Å². The fourth-order valence-electron chi connectivity index (χ4n) is 2.72. The predicted molar refractivity (Wildman–Crippen MR) is 52.6 cm³/mol. The van der Waals surface area contributed by atoms with Crippen LogP contribution >= 0.6 is 0 Å². The van der Waals surface area contributed by atoms with Crippen LogP contribution in [0.4, 0.5) is 8.78 Å². The van der Waals surface area contributed by atoms with Crippen LogP contribution in [0.5, 0.6) is 0 Å². The van der Waals surface area contributed by atoms with E-state index in [2.05, 4.69) is 6.58 Å². The van der Waals surface area contributed by atoms with Crippen molar-refractivity contribution in [3.63, 3.8) is 0 Å². The summed E-state index contributed by atoms with van der Waals surface area (Å²) in [5.41, 5.74) is 0.260. The SMILES string of the molecule is C=C1CC2(O)c3c(cccc31)CC2(F)F. The van der Waals surface area contributed by atoms with E-state index in [0.717, 1.165) is 0 Å². The second-order valence-electron chi connectivity index (χ2n) is 4.36. The summed E-state index contributed by atoms with van der Waals surface area (Å²) in [7, 11) is 0. The fourth-order valence-corrected chi connectivity index (χ4v) is 2.72. The van der Waals surface area contributed by atoms with Gasteiger partial charge in [-0.3, -0.25) is 0 Å². The van der Waals surface area contributed by atoms with E-state index < -0.39 is 11.5 Å². The first kappa shape index (κ1) is 9.04. The van der Waals surface area contributed by atoms with E-state index >= 15 is 0 Å². The van der Waals surface area contributed by atoms with E-state index in [1.54, 1.807) is 18.2 Å². The Kier molecular flexibility index (Phi) is 1.38. The van der Waals surface area contributed by atoms with Crippen molar-refractivity contribution in [3.05, 3.63) is 41.5 Å². The van der Waals surface area contributed by atoms with Crippen molar-refractivity contribution >= 4 is 5.57 Å². The molecule has 0 saturated carbocycles. The summed E-state index contributed by atoms with van der Waals surface area (Å²) in [4.78, 5) is 0. The highest BCUT2D eigenvalue weighted by Crippen LogP contribution is 2.58. The molecular formula is C12H10F2O. The van der Waals surface area contributed by atoms with Gasteiger partial charge in [0.2, 0.25) is 0 Å². The number of rotatable bonds is 0. The average Bonchev–Trinajstić information content (AvgIpc) is 2.51. The summed E-state index contributed by atoms with van der Waals surface area (Å²) in [5, 5.41) is 10.1. The molecule has 0 amide bonds. The molecular weight excluding hydrogens is 198 g/mol. The van der Waals surface area contributed by atoms with Crippen LogP contribution in [0.15, 0.2) is 24.8 Å². The first-order valence-corrected chi connectivity index (χ1v) is 4.86. The Morgan fingerprint density at radius 1 is 1.27 bits per heavy atom. The van der Waals surface area contributed by atoms with Crippen molar-refractivity contribution in [2.45, 2.75) is 24.4 Å². The average molecular weight is 208 g/mol. The van der Waals surface area contributed by atoms with Crippen LogP contribution < -0.4 is 0 Å². The van der Waals surface area contributed by atoms with Gasteiger partial charge >= 0.3 is 0 Å². The molecule has 0 radical (unpaired) electrons. The molecule has 1 unspecified atom stereocenters. The molecule has 0 bridgehead atoms. The Bertz CT molecular complexity index is 479. The zero-order valence-corrected chi connectivity index (χ0v) is 8.06. The van der Waals surface area contributed by atoms with Crippen LogP contribution in [-0.2, 0) is 12.0 Å². The molecule has 0 spiro atoms. The molecule has 0 aliphatic heterocycles. The molecule has 3 rings (SSSR count). The summed E-state index contributed by atoms with van der Waals surface area (Å²) in [6.45, 7) is 3.74. The maximum atomic E-state index is 13.7. The minimum Gasteiger partial charge on any atom is -0.378 e. The molecule has 0 aromatic heterocycles. The van der Waals surface area contributed by atoms with Crippen LogP contribution in [0.2, 0.25) is 0 Å². The van der Waals surface area contributed by atoms with E-state index in [1.807, 2.05) is 0 Å². The fraction of sp³-hybridized carbons (Fsp3) is 0.333. The standard InChI is InChI=1S/C12H10F2O/c1-7-5-11(15)10-8(6-12(11,13)14)3-2-4-9(7)10/h2-4,15H,1,5-6H2. The molecule has 0 fully saturated rings. The molecule has 3 heteroatoms. The van der Waals surface area contributed by atoms with E-state index in [9.17, 15) is 13.9 Å². The van der Waals surface area contributed by atoms with E-state index in [-0.39, 0.29) is 12.8 Å². The first-order chi connectivity index (χ1) is 6.96. The molecule has 1 aromatic rings. The van der Waals surface area contributed by atoms with Gasteiger partial charge in [-0.15, -0.1) is 0 Å². The summed E-state index contributed by atoms with van der Waals surface area (Å²) < 4.78 is 27.4. The Labute approximate surface area is 86.0 Å². The van der Waals surface area contributed by atoms with Gasteiger partial charge in [-0.1, -0.05) is 24.8 Å². The quantitative estimate of drug-likeness (QED) is 0.694. The Balaban J connectivity index is 2.37. The molecule has 1 N–H and O–H groups in total. The highest BCUT2D eigenvalue weighted by molar-refractivity contribution is 5.76. The Morgan fingerprint density at radius 3 is 2.73 bits per heavy atom. The summed E-state index contributed by atoms with van der Waals surface area (Å²) >= 11 is 0. The lowest BCUT2D eigenvalue weighted by atomic mass is 9.95. The summed E-state index contributed by atoms with van der Waals surface area (Å²) in [6.07, 6.45) is -0.410. The van der Waals surface area contributed by atoms with Gasteiger partial charge in [0.25, 0.3) is 5.92 Å². The van der Waals surface area contributed by atoms with Gasteiger partial charge in [0.15, 0.2) is 5.60 Å². The van der Waals surface area contributed by atoms with Crippen LogP contribution in [0.25, 0.3) is 5.57 Å².